The van der Waals surface area contributed by atoms with Crippen LogP contribution in [0, 0.1) is 3.57 Å². The lowest BCUT2D eigenvalue weighted by molar-refractivity contribution is 0.181. The fourth-order valence-corrected chi connectivity index (χ4v) is 2.13. The summed E-state index contributed by atoms with van der Waals surface area (Å²) in [5.74, 6) is 1.02. The molecule has 1 aromatic carbocycles. The summed E-state index contributed by atoms with van der Waals surface area (Å²) >= 11 is 2.32. The highest BCUT2D eigenvalue weighted by Gasteiger charge is 2.17. The number of benzene rings is 1. The Hall–Kier alpha value is -0.0000000000000000555. The van der Waals surface area contributed by atoms with E-state index in [1.807, 2.05) is 6.07 Å². The molecule has 0 aliphatic carbocycles. The van der Waals surface area contributed by atoms with Crippen molar-refractivity contribution in [2.45, 2.75) is 18.9 Å². The summed E-state index contributed by atoms with van der Waals surface area (Å²) in [5, 5.41) is 0. The zero-order chi connectivity index (χ0) is 9.26. The summed E-state index contributed by atoms with van der Waals surface area (Å²) in [4.78, 5) is 0. The predicted molar refractivity (Wildman–Crippen MR) is 68.2 cm³/mol. The molecule has 1 aliphatic rings. The van der Waals surface area contributed by atoms with Crippen LogP contribution in [0.5, 0.6) is 5.75 Å². The fraction of sp³-hybridized carbons (Fsp3) is 0.400. The smallest absolute Gasteiger partial charge is 0.123 e. The van der Waals surface area contributed by atoms with Gasteiger partial charge in [-0.2, -0.15) is 0 Å². The molecular formula is C10H13ClINO. The third kappa shape index (κ3) is 2.52. The molecule has 2 nitrogen and oxygen atoms in total. The molecule has 1 atom stereocenters. The van der Waals surface area contributed by atoms with Crippen molar-refractivity contribution in [2.24, 2.45) is 5.73 Å². The van der Waals surface area contributed by atoms with Gasteiger partial charge in [-0.05, 0) is 59.2 Å². The molecule has 0 aromatic heterocycles. The molecule has 0 amide bonds. The van der Waals surface area contributed by atoms with Gasteiger partial charge in [0.2, 0.25) is 0 Å². The van der Waals surface area contributed by atoms with Crippen molar-refractivity contribution in [1.82, 2.24) is 0 Å². The highest BCUT2D eigenvalue weighted by molar-refractivity contribution is 14.1. The average Bonchev–Trinajstić information content (AvgIpc) is 2.17. The van der Waals surface area contributed by atoms with Gasteiger partial charge in [0.05, 0.1) is 0 Å². The Kier molecular flexibility index (Phi) is 4.47. The van der Waals surface area contributed by atoms with Crippen LogP contribution in [-0.4, -0.2) is 12.6 Å². The summed E-state index contributed by atoms with van der Waals surface area (Å²) in [6, 6.07) is 6.29. The molecule has 0 radical (unpaired) electrons. The molecule has 0 saturated heterocycles. The molecule has 2 rings (SSSR count). The molecular weight excluding hydrogens is 312 g/mol. The number of ether oxygens (including phenoxy) is 1. The van der Waals surface area contributed by atoms with Crippen molar-refractivity contribution in [1.29, 1.82) is 0 Å². The van der Waals surface area contributed by atoms with Crippen LogP contribution in [-0.2, 0) is 6.42 Å². The van der Waals surface area contributed by atoms with Crippen molar-refractivity contribution in [3.05, 3.63) is 27.3 Å². The quantitative estimate of drug-likeness (QED) is 0.805. The van der Waals surface area contributed by atoms with Crippen molar-refractivity contribution >= 4 is 35.0 Å². The molecule has 2 N–H and O–H groups in total. The highest BCUT2D eigenvalue weighted by Crippen LogP contribution is 2.28. The van der Waals surface area contributed by atoms with Gasteiger partial charge in [0.1, 0.15) is 11.9 Å². The van der Waals surface area contributed by atoms with E-state index in [0.29, 0.717) is 6.54 Å². The van der Waals surface area contributed by atoms with Gasteiger partial charge in [0.25, 0.3) is 0 Å². The Morgan fingerprint density at radius 1 is 1.50 bits per heavy atom. The number of rotatable bonds is 1. The van der Waals surface area contributed by atoms with Crippen molar-refractivity contribution in [3.8, 4) is 5.75 Å². The second-order valence-corrected chi connectivity index (χ2v) is 4.51. The van der Waals surface area contributed by atoms with E-state index in [2.05, 4.69) is 34.7 Å². The van der Waals surface area contributed by atoms with E-state index >= 15 is 0 Å². The van der Waals surface area contributed by atoms with E-state index in [4.69, 9.17) is 10.5 Å². The number of hydrogen-bond acceptors (Lipinski definition) is 2. The number of aryl methyl sites for hydroxylation is 1. The SMILES string of the molecule is Cl.NCC1CCc2cc(I)ccc2O1. The number of halogens is 2. The van der Waals surface area contributed by atoms with E-state index in [1.165, 1.54) is 9.13 Å². The Bertz CT molecular complexity index is 319. The van der Waals surface area contributed by atoms with Crippen LogP contribution in [0.25, 0.3) is 0 Å². The van der Waals surface area contributed by atoms with Crippen LogP contribution in [0.2, 0.25) is 0 Å². The summed E-state index contributed by atoms with van der Waals surface area (Å²) < 4.78 is 6.98. The van der Waals surface area contributed by atoms with Crippen molar-refractivity contribution in [3.63, 3.8) is 0 Å². The maximum Gasteiger partial charge on any atom is 0.123 e. The van der Waals surface area contributed by atoms with Gasteiger partial charge in [0.15, 0.2) is 0 Å². The van der Waals surface area contributed by atoms with Gasteiger partial charge in [0, 0.05) is 10.1 Å². The minimum absolute atomic E-state index is 0. The predicted octanol–water partition coefficient (Wildman–Crippen LogP) is 2.37. The van der Waals surface area contributed by atoms with Gasteiger partial charge in [-0.15, -0.1) is 12.4 Å². The minimum Gasteiger partial charge on any atom is -0.489 e. The molecule has 1 unspecified atom stereocenters. The fourth-order valence-electron chi connectivity index (χ4n) is 1.58. The first-order chi connectivity index (χ1) is 6.29. The monoisotopic (exact) mass is 325 g/mol. The zero-order valence-corrected chi connectivity index (χ0v) is 10.7. The molecule has 14 heavy (non-hydrogen) atoms. The van der Waals surface area contributed by atoms with Gasteiger partial charge in [-0.25, -0.2) is 0 Å². The molecule has 1 heterocycles. The third-order valence-electron chi connectivity index (χ3n) is 2.31. The van der Waals surface area contributed by atoms with E-state index in [0.717, 1.165) is 18.6 Å². The van der Waals surface area contributed by atoms with E-state index in [1.54, 1.807) is 0 Å². The Labute approximate surface area is 104 Å². The zero-order valence-electron chi connectivity index (χ0n) is 7.70. The maximum atomic E-state index is 5.71. The van der Waals surface area contributed by atoms with Crippen LogP contribution in [0.3, 0.4) is 0 Å². The van der Waals surface area contributed by atoms with Gasteiger partial charge in [-0.1, -0.05) is 0 Å². The Balaban J connectivity index is 0.000000980. The van der Waals surface area contributed by atoms with Crippen LogP contribution in [0.4, 0.5) is 0 Å². The van der Waals surface area contributed by atoms with Gasteiger partial charge < -0.3 is 10.5 Å². The minimum atomic E-state index is 0. The number of hydrogen-bond donors (Lipinski definition) is 1. The molecule has 78 valence electrons. The van der Waals surface area contributed by atoms with E-state index in [9.17, 15) is 0 Å². The van der Waals surface area contributed by atoms with Crippen LogP contribution >= 0.6 is 35.0 Å². The van der Waals surface area contributed by atoms with Gasteiger partial charge in [-0.3, -0.25) is 0 Å². The average molecular weight is 326 g/mol. The highest BCUT2D eigenvalue weighted by atomic mass is 127. The van der Waals surface area contributed by atoms with Crippen LogP contribution < -0.4 is 10.5 Å². The molecule has 1 aromatic rings. The molecule has 0 fully saturated rings. The normalized spacial score (nSPS) is 19.1. The summed E-state index contributed by atoms with van der Waals surface area (Å²) in [6.07, 6.45) is 2.35. The van der Waals surface area contributed by atoms with Crippen LogP contribution in [0.15, 0.2) is 18.2 Å². The third-order valence-corrected chi connectivity index (χ3v) is 2.99. The molecule has 1 aliphatic heterocycles. The first-order valence-electron chi connectivity index (χ1n) is 4.45. The second kappa shape index (κ2) is 5.19. The first kappa shape index (κ1) is 12.1. The first-order valence-corrected chi connectivity index (χ1v) is 5.52. The lowest BCUT2D eigenvalue weighted by Gasteiger charge is -2.25. The molecule has 4 heteroatoms. The van der Waals surface area contributed by atoms with E-state index in [-0.39, 0.29) is 18.5 Å². The largest absolute Gasteiger partial charge is 0.489 e. The van der Waals surface area contributed by atoms with Crippen LogP contribution in [0.1, 0.15) is 12.0 Å². The van der Waals surface area contributed by atoms with Gasteiger partial charge >= 0.3 is 0 Å². The number of fused-ring (bicyclic) bond motifs is 1. The summed E-state index contributed by atoms with van der Waals surface area (Å²) in [7, 11) is 0. The standard InChI is InChI=1S/C10H12INO.ClH/c11-8-2-4-10-7(5-8)1-3-9(6-12)13-10;/h2,4-5,9H,1,3,6,12H2;1H. The molecule has 0 saturated carbocycles. The summed E-state index contributed by atoms with van der Waals surface area (Å²) in [5.41, 5.74) is 6.88. The number of nitrogens with two attached hydrogens (primary N) is 1. The Morgan fingerprint density at radius 2 is 2.29 bits per heavy atom. The topological polar surface area (TPSA) is 35.2 Å². The second-order valence-electron chi connectivity index (χ2n) is 3.27. The molecule has 0 bridgehead atoms. The van der Waals surface area contributed by atoms with Crippen molar-refractivity contribution in [2.75, 3.05) is 6.54 Å². The maximum absolute atomic E-state index is 5.71. The lowest BCUT2D eigenvalue weighted by atomic mass is 10.0. The summed E-state index contributed by atoms with van der Waals surface area (Å²) in [6.45, 7) is 0.616. The van der Waals surface area contributed by atoms with Crippen molar-refractivity contribution < 1.29 is 4.74 Å². The molecule has 0 spiro atoms. The van der Waals surface area contributed by atoms with E-state index < -0.39 is 0 Å². The Morgan fingerprint density at radius 3 is 3.00 bits per heavy atom. The lowest BCUT2D eigenvalue weighted by Crippen LogP contribution is -2.30.